The highest BCUT2D eigenvalue weighted by Gasteiger charge is 2.14. The van der Waals surface area contributed by atoms with Crippen LogP contribution in [0.3, 0.4) is 0 Å². The van der Waals surface area contributed by atoms with E-state index in [2.05, 4.69) is 26.0 Å². The van der Waals surface area contributed by atoms with Gasteiger partial charge < -0.3 is 9.47 Å². The summed E-state index contributed by atoms with van der Waals surface area (Å²) in [6.45, 7) is 6.73. The van der Waals surface area contributed by atoms with E-state index in [-0.39, 0.29) is 11.7 Å². The van der Waals surface area contributed by atoms with Crippen molar-refractivity contribution in [1.82, 2.24) is 0 Å². The molecule has 0 fully saturated rings. The zero-order chi connectivity index (χ0) is 12.7. The van der Waals surface area contributed by atoms with E-state index in [0.29, 0.717) is 6.61 Å². The number of benzene rings is 1. The van der Waals surface area contributed by atoms with E-state index in [4.69, 9.17) is 9.47 Å². The maximum atomic E-state index is 5.87. The monoisotopic (exact) mass is 234 g/mol. The molecule has 17 heavy (non-hydrogen) atoms. The van der Waals surface area contributed by atoms with Gasteiger partial charge in [0, 0.05) is 7.11 Å². The first-order valence-corrected chi connectivity index (χ1v) is 5.93. The number of rotatable bonds is 6. The summed E-state index contributed by atoms with van der Waals surface area (Å²) in [5.41, 5.74) is 0.914. The number of ether oxygens (including phenoxy) is 2. The van der Waals surface area contributed by atoms with Gasteiger partial charge in [0.1, 0.15) is 0 Å². The van der Waals surface area contributed by atoms with Gasteiger partial charge in [0.15, 0.2) is 0 Å². The minimum Gasteiger partial charge on any atom is -0.378 e. The first kappa shape index (κ1) is 13.9. The molecule has 2 nitrogen and oxygen atoms in total. The molecule has 0 aliphatic heterocycles. The fraction of sp³-hybridized carbons (Fsp3) is 0.467. The Hall–Kier alpha value is -1.12. The highest BCUT2D eigenvalue weighted by Crippen LogP contribution is 2.15. The Labute approximate surface area is 104 Å². The van der Waals surface area contributed by atoms with Gasteiger partial charge in [-0.2, -0.15) is 0 Å². The van der Waals surface area contributed by atoms with Crippen LogP contribution in [0, 0.1) is 0 Å². The Kier molecular flexibility index (Phi) is 5.39. The number of methoxy groups -OCH3 is 1. The minimum absolute atomic E-state index is 0.120. The lowest BCUT2D eigenvalue weighted by atomic mass is 10.1. The Morgan fingerprint density at radius 2 is 1.88 bits per heavy atom. The summed E-state index contributed by atoms with van der Waals surface area (Å²) in [4.78, 5) is 0. The predicted molar refractivity (Wildman–Crippen MR) is 70.9 cm³/mol. The third kappa shape index (κ3) is 5.66. The molecule has 0 bridgehead atoms. The highest BCUT2D eigenvalue weighted by molar-refractivity contribution is 5.13. The average Bonchev–Trinajstić information content (AvgIpc) is 2.35. The predicted octanol–water partition coefficient (Wildman–Crippen LogP) is 3.57. The van der Waals surface area contributed by atoms with Crippen LogP contribution >= 0.6 is 0 Å². The maximum Gasteiger partial charge on any atom is 0.0811 e. The normalized spacial score (nSPS) is 14.1. The molecule has 0 N–H and O–H groups in total. The molecule has 0 heterocycles. The molecule has 1 rings (SSSR count). The van der Waals surface area contributed by atoms with Crippen molar-refractivity contribution in [2.24, 2.45) is 0 Å². The lowest BCUT2D eigenvalue weighted by Crippen LogP contribution is -2.21. The summed E-state index contributed by atoms with van der Waals surface area (Å²) in [5, 5.41) is 0. The van der Waals surface area contributed by atoms with Gasteiger partial charge >= 0.3 is 0 Å². The molecule has 0 aliphatic rings. The van der Waals surface area contributed by atoms with E-state index in [1.54, 1.807) is 7.11 Å². The number of hydrogen-bond acceptors (Lipinski definition) is 2. The van der Waals surface area contributed by atoms with Crippen LogP contribution in [0.5, 0.6) is 0 Å². The van der Waals surface area contributed by atoms with Crippen molar-refractivity contribution in [2.45, 2.75) is 39.1 Å². The van der Waals surface area contributed by atoms with Crippen molar-refractivity contribution in [3.05, 3.63) is 48.0 Å². The Bertz CT molecular complexity index is 341. The first-order chi connectivity index (χ1) is 8.03. The molecule has 1 aromatic carbocycles. The van der Waals surface area contributed by atoms with Crippen molar-refractivity contribution in [1.29, 1.82) is 0 Å². The zero-order valence-electron chi connectivity index (χ0n) is 11.1. The Morgan fingerprint density at radius 1 is 1.24 bits per heavy atom. The molecule has 1 atom stereocenters. The third-order valence-electron chi connectivity index (χ3n) is 2.59. The second-order valence-corrected chi connectivity index (χ2v) is 4.68. The molecular weight excluding hydrogens is 212 g/mol. The Morgan fingerprint density at radius 3 is 2.47 bits per heavy atom. The summed E-state index contributed by atoms with van der Waals surface area (Å²) >= 11 is 0. The first-order valence-electron chi connectivity index (χ1n) is 5.93. The average molecular weight is 234 g/mol. The van der Waals surface area contributed by atoms with E-state index < -0.39 is 0 Å². The topological polar surface area (TPSA) is 18.5 Å². The van der Waals surface area contributed by atoms with Crippen LogP contribution in [-0.4, -0.2) is 18.8 Å². The maximum absolute atomic E-state index is 5.87. The second-order valence-electron chi connectivity index (χ2n) is 4.68. The van der Waals surface area contributed by atoms with Gasteiger partial charge in [-0.1, -0.05) is 42.5 Å². The van der Waals surface area contributed by atoms with Crippen molar-refractivity contribution >= 4 is 0 Å². The SMILES string of the molecule is COC(C)/C=C\C(C)(C)OCc1ccccc1. The molecule has 0 aromatic heterocycles. The summed E-state index contributed by atoms with van der Waals surface area (Å²) < 4.78 is 11.0. The van der Waals surface area contributed by atoms with Crippen LogP contribution in [0.15, 0.2) is 42.5 Å². The van der Waals surface area contributed by atoms with Crippen LogP contribution in [0.1, 0.15) is 26.3 Å². The molecule has 0 saturated heterocycles. The molecule has 0 radical (unpaired) electrons. The Balaban J connectivity index is 2.47. The van der Waals surface area contributed by atoms with Crippen molar-refractivity contribution in [3.8, 4) is 0 Å². The summed E-state index contributed by atoms with van der Waals surface area (Å²) in [7, 11) is 1.70. The fourth-order valence-corrected chi connectivity index (χ4v) is 1.34. The highest BCUT2D eigenvalue weighted by atomic mass is 16.5. The van der Waals surface area contributed by atoms with Crippen LogP contribution < -0.4 is 0 Å². The van der Waals surface area contributed by atoms with Crippen LogP contribution in [-0.2, 0) is 16.1 Å². The largest absolute Gasteiger partial charge is 0.378 e. The second kappa shape index (κ2) is 6.58. The third-order valence-corrected chi connectivity index (χ3v) is 2.59. The lowest BCUT2D eigenvalue weighted by molar-refractivity contribution is 0.00616. The quantitative estimate of drug-likeness (QED) is 0.700. The zero-order valence-corrected chi connectivity index (χ0v) is 11.1. The molecule has 0 aliphatic carbocycles. The van der Waals surface area contributed by atoms with Crippen molar-refractivity contribution in [3.63, 3.8) is 0 Å². The molecule has 94 valence electrons. The van der Waals surface area contributed by atoms with Gasteiger partial charge in [0.05, 0.1) is 18.3 Å². The summed E-state index contributed by atoms with van der Waals surface area (Å²) in [6.07, 6.45) is 4.18. The smallest absolute Gasteiger partial charge is 0.0811 e. The minimum atomic E-state index is -0.275. The van der Waals surface area contributed by atoms with Crippen molar-refractivity contribution < 1.29 is 9.47 Å². The van der Waals surface area contributed by atoms with Gasteiger partial charge in [0.2, 0.25) is 0 Å². The molecule has 1 unspecified atom stereocenters. The van der Waals surface area contributed by atoms with E-state index >= 15 is 0 Å². The van der Waals surface area contributed by atoms with Gasteiger partial charge in [-0.25, -0.2) is 0 Å². The van der Waals surface area contributed by atoms with E-state index in [1.807, 2.05) is 37.3 Å². The van der Waals surface area contributed by atoms with Gasteiger partial charge in [-0.15, -0.1) is 0 Å². The lowest BCUT2D eigenvalue weighted by Gasteiger charge is -2.22. The van der Waals surface area contributed by atoms with Gasteiger partial charge in [0.25, 0.3) is 0 Å². The summed E-state index contributed by atoms with van der Waals surface area (Å²) in [6, 6.07) is 10.2. The van der Waals surface area contributed by atoms with E-state index in [0.717, 1.165) is 0 Å². The van der Waals surface area contributed by atoms with Crippen LogP contribution in [0.4, 0.5) is 0 Å². The van der Waals surface area contributed by atoms with E-state index in [9.17, 15) is 0 Å². The molecule has 0 spiro atoms. The van der Waals surface area contributed by atoms with Gasteiger partial charge in [-0.05, 0) is 26.3 Å². The van der Waals surface area contributed by atoms with Crippen LogP contribution in [0.2, 0.25) is 0 Å². The standard InChI is InChI=1S/C15H22O2/c1-13(16-4)10-11-15(2,3)17-12-14-8-6-5-7-9-14/h5-11,13H,12H2,1-4H3/b11-10-. The van der Waals surface area contributed by atoms with Crippen molar-refractivity contribution in [2.75, 3.05) is 7.11 Å². The number of hydrogen-bond donors (Lipinski definition) is 0. The molecule has 0 saturated carbocycles. The van der Waals surface area contributed by atoms with Gasteiger partial charge in [-0.3, -0.25) is 0 Å². The molecular formula is C15H22O2. The molecule has 1 aromatic rings. The molecule has 2 heteroatoms. The molecule has 0 amide bonds. The fourth-order valence-electron chi connectivity index (χ4n) is 1.34. The van der Waals surface area contributed by atoms with E-state index in [1.165, 1.54) is 5.56 Å². The summed E-state index contributed by atoms with van der Waals surface area (Å²) in [5.74, 6) is 0. The van der Waals surface area contributed by atoms with Crippen LogP contribution in [0.25, 0.3) is 0 Å².